The molecule has 1 heteroatoms. The number of alkyl halides is 1. The molecule has 0 aliphatic heterocycles. The van der Waals surface area contributed by atoms with Crippen molar-refractivity contribution in [1.82, 2.24) is 0 Å². The molecule has 0 nitrogen and oxygen atoms in total. The van der Waals surface area contributed by atoms with Gasteiger partial charge >= 0.3 is 0 Å². The molecule has 0 heterocycles. The summed E-state index contributed by atoms with van der Waals surface area (Å²) in [5, 5.41) is 0. The second-order valence-corrected chi connectivity index (χ2v) is 7.34. The SMILES string of the molecule is C=C(C)C1C2C=CC(C2)C1CCl.C=C=C1CC2C=CC1C2. The van der Waals surface area contributed by atoms with E-state index in [4.69, 9.17) is 11.6 Å². The van der Waals surface area contributed by atoms with Gasteiger partial charge in [-0.05, 0) is 61.3 Å². The third-order valence-electron chi connectivity index (χ3n) is 5.70. The van der Waals surface area contributed by atoms with Gasteiger partial charge in [-0.15, -0.1) is 17.3 Å². The smallest absolute Gasteiger partial charge is 0.0263 e. The highest BCUT2D eigenvalue weighted by Gasteiger charge is 2.43. The molecule has 0 aromatic carbocycles. The Morgan fingerprint density at radius 1 is 1.24 bits per heavy atom. The Kier molecular flexibility index (Phi) is 4.29. The Labute approximate surface area is 134 Å². The number of fused-ring (bicyclic) bond motifs is 4. The van der Waals surface area contributed by atoms with Gasteiger partial charge in [0.05, 0.1) is 0 Å². The van der Waals surface area contributed by atoms with Crippen LogP contribution in [0, 0.1) is 35.5 Å². The summed E-state index contributed by atoms with van der Waals surface area (Å²) in [5.74, 6) is 5.16. The lowest BCUT2D eigenvalue weighted by molar-refractivity contribution is 0.390. The maximum absolute atomic E-state index is 5.97. The minimum Gasteiger partial charge on any atom is -0.129 e. The van der Waals surface area contributed by atoms with E-state index in [0.717, 1.165) is 23.6 Å². The first kappa shape index (κ1) is 14.9. The molecule has 0 N–H and O–H groups in total. The summed E-state index contributed by atoms with van der Waals surface area (Å²) < 4.78 is 0. The van der Waals surface area contributed by atoms with Gasteiger partial charge in [-0.3, -0.25) is 0 Å². The van der Waals surface area contributed by atoms with E-state index in [1.807, 2.05) is 0 Å². The Hall–Kier alpha value is -0.970. The second kappa shape index (κ2) is 6.03. The summed E-state index contributed by atoms with van der Waals surface area (Å²) in [6.45, 7) is 9.86. The van der Waals surface area contributed by atoms with Crippen LogP contribution in [0.25, 0.3) is 0 Å². The van der Waals surface area contributed by atoms with E-state index in [9.17, 15) is 0 Å². The molecule has 2 fully saturated rings. The van der Waals surface area contributed by atoms with Gasteiger partial charge in [0, 0.05) is 11.8 Å². The normalized spacial score (nSPS) is 41.1. The van der Waals surface area contributed by atoms with Crippen LogP contribution in [-0.4, -0.2) is 5.88 Å². The van der Waals surface area contributed by atoms with Gasteiger partial charge in [0.2, 0.25) is 0 Å². The zero-order chi connectivity index (χ0) is 15.0. The molecular weight excluding hydrogens is 276 g/mol. The molecule has 0 saturated heterocycles. The maximum atomic E-state index is 5.97. The molecule has 6 atom stereocenters. The molecule has 0 amide bonds. The quantitative estimate of drug-likeness (QED) is 0.357. The van der Waals surface area contributed by atoms with E-state index in [0.29, 0.717) is 17.8 Å². The summed E-state index contributed by atoms with van der Waals surface area (Å²) in [5.41, 5.74) is 5.76. The van der Waals surface area contributed by atoms with Gasteiger partial charge in [0.15, 0.2) is 0 Å². The summed E-state index contributed by atoms with van der Waals surface area (Å²) in [6.07, 6.45) is 13.2. The summed E-state index contributed by atoms with van der Waals surface area (Å²) in [6, 6.07) is 0. The van der Waals surface area contributed by atoms with Crippen LogP contribution < -0.4 is 0 Å². The van der Waals surface area contributed by atoms with Gasteiger partial charge in [-0.2, -0.15) is 0 Å². The van der Waals surface area contributed by atoms with Gasteiger partial charge in [-0.1, -0.05) is 43.0 Å². The van der Waals surface area contributed by atoms with Crippen molar-refractivity contribution in [3.63, 3.8) is 0 Å². The van der Waals surface area contributed by atoms with E-state index in [1.54, 1.807) is 0 Å². The lowest BCUT2D eigenvalue weighted by atomic mass is 9.80. The fourth-order valence-electron chi connectivity index (χ4n) is 4.69. The predicted molar refractivity (Wildman–Crippen MR) is 91.3 cm³/mol. The molecular formula is C20H25Cl. The molecule has 4 bridgehead atoms. The average molecular weight is 301 g/mol. The predicted octanol–water partition coefficient (Wildman–Crippen LogP) is 5.53. The highest BCUT2D eigenvalue weighted by Crippen LogP contribution is 2.50. The zero-order valence-corrected chi connectivity index (χ0v) is 13.7. The molecule has 21 heavy (non-hydrogen) atoms. The minimum absolute atomic E-state index is 0.664. The molecule has 4 rings (SSSR count). The summed E-state index contributed by atoms with van der Waals surface area (Å²) in [4.78, 5) is 0. The van der Waals surface area contributed by atoms with Crippen molar-refractivity contribution < 1.29 is 0 Å². The number of halogens is 1. The molecule has 6 unspecified atom stereocenters. The lowest BCUT2D eigenvalue weighted by Gasteiger charge is -2.26. The van der Waals surface area contributed by atoms with Crippen LogP contribution in [0.15, 0.2) is 54.3 Å². The molecule has 112 valence electrons. The van der Waals surface area contributed by atoms with Crippen molar-refractivity contribution in [2.45, 2.75) is 26.2 Å². The van der Waals surface area contributed by atoms with E-state index >= 15 is 0 Å². The van der Waals surface area contributed by atoms with Crippen LogP contribution in [0.1, 0.15) is 26.2 Å². The first-order valence-corrected chi connectivity index (χ1v) is 8.64. The van der Waals surface area contributed by atoms with Crippen molar-refractivity contribution in [2.24, 2.45) is 35.5 Å². The van der Waals surface area contributed by atoms with Crippen molar-refractivity contribution in [2.75, 3.05) is 5.88 Å². The maximum Gasteiger partial charge on any atom is 0.0263 e. The van der Waals surface area contributed by atoms with Gasteiger partial charge < -0.3 is 0 Å². The van der Waals surface area contributed by atoms with E-state index < -0.39 is 0 Å². The Morgan fingerprint density at radius 2 is 2.00 bits per heavy atom. The number of hydrogen-bond acceptors (Lipinski definition) is 0. The molecule has 4 aliphatic rings. The Morgan fingerprint density at radius 3 is 2.43 bits per heavy atom. The fraction of sp³-hybridized carbons (Fsp3) is 0.550. The Bertz CT molecular complexity index is 532. The Balaban J connectivity index is 0.000000131. The number of rotatable bonds is 2. The van der Waals surface area contributed by atoms with Crippen LogP contribution in [0.3, 0.4) is 0 Å². The molecule has 0 radical (unpaired) electrons. The van der Waals surface area contributed by atoms with E-state index in [2.05, 4.69) is 50.1 Å². The van der Waals surface area contributed by atoms with Crippen molar-refractivity contribution in [1.29, 1.82) is 0 Å². The van der Waals surface area contributed by atoms with Crippen molar-refractivity contribution in [3.05, 3.63) is 54.3 Å². The minimum atomic E-state index is 0.664. The molecule has 0 aromatic heterocycles. The fourth-order valence-corrected chi connectivity index (χ4v) is 5.11. The number of allylic oxidation sites excluding steroid dienone is 6. The summed E-state index contributed by atoms with van der Waals surface area (Å²) in [7, 11) is 0. The van der Waals surface area contributed by atoms with Crippen LogP contribution in [0.5, 0.6) is 0 Å². The van der Waals surface area contributed by atoms with Gasteiger partial charge in [0.25, 0.3) is 0 Å². The van der Waals surface area contributed by atoms with Crippen molar-refractivity contribution >= 4 is 11.6 Å². The first-order chi connectivity index (χ1) is 10.1. The van der Waals surface area contributed by atoms with Crippen LogP contribution >= 0.6 is 11.6 Å². The van der Waals surface area contributed by atoms with E-state index in [-0.39, 0.29) is 0 Å². The third kappa shape index (κ3) is 2.72. The number of hydrogen-bond donors (Lipinski definition) is 0. The first-order valence-electron chi connectivity index (χ1n) is 8.10. The van der Waals surface area contributed by atoms with Crippen LogP contribution in [-0.2, 0) is 0 Å². The zero-order valence-electron chi connectivity index (χ0n) is 12.9. The molecule has 4 aliphatic carbocycles. The lowest BCUT2D eigenvalue weighted by Crippen LogP contribution is -2.21. The topological polar surface area (TPSA) is 0 Å². The van der Waals surface area contributed by atoms with E-state index in [1.165, 1.54) is 30.4 Å². The standard InChI is InChI=1S/C11H15Cl.C9H10/c1-7(2)11-9-4-3-8(5-9)10(11)6-12;1-2-8-5-7-3-4-9(8)6-7/h3-4,8-11H,1,5-6H2,2H3;3-4,7,9H,1,5-6H2. The van der Waals surface area contributed by atoms with Crippen LogP contribution in [0.4, 0.5) is 0 Å². The molecule has 0 aromatic rings. The monoisotopic (exact) mass is 300 g/mol. The molecule has 2 saturated carbocycles. The summed E-state index contributed by atoms with van der Waals surface area (Å²) >= 11 is 5.97. The molecule has 0 spiro atoms. The van der Waals surface area contributed by atoms with Crippen molar-refractivity contribution in [3.8, 4) is 0 Å². The highest BCUT2D eigenvalue weighted by atomic mass is 35.5. The largest absolute Gasteiger partial charge is 0.129 e. The average Bonchev–Trinajstić information content (AvgIpc) is 3.25. The second-order valence-electron chi connectivity index (χ2n) is 7.03. The van der Waals surface area contributed by atoms with Gasteiger partial charge in [-0.25, -0.2) is 0 Å². The third-order valence-corrected chi connectivity index (χ3v) is 6.05. The van der Waals surface area contributed by atoms with Gasteiger partial charge in [0.1, 0.15) is 0 Å². The van der Waals surface area contributed by atoms with Crippen LogP contribution in [0.2, 0.25) is 0 Å². The highest BCUT2D eigenvalue weighted by molar-refractivity contribution is 6.18.